The van der Waals surface area contributed by atoms with Gasteiger partial charge in [0.2, 0.25) is 0 Å². The summed E-state index contributed by atoms with van der Waals surface area (Å²) in [6.45, 7) is 6.86. The maximum absolute atomic E-state index is 11.8. The van der Waals surface area contributed by atoms with Crippen molar-refractivity contribution >= 4 is 6.09 Å². The molecule has 0 aliphatic heterocycles. The number of carbonyl (C=O) groups excluding carboxylic acids is 1. The van der Waals surface area contributed by atoms with Crippen LogP contribution in [0.25, 0.3) is 11.1 Å². The smallest absolute Gasteiger partial charge is 0.407 e. The van der Waals surface area contributed by atoms with Crippen LogP contribution in [0.5, 0.6) is 5.75 Å². The Kier molecular flexibility index (Phi) is 8.72. The van der Waals surface area contributed by atoms with Crippen LogP contribution in [0.1, 0.15) is 31.9 Å². The van der Waals surface area contributed by atoms with Crippen LogP contribution in [0.3, 0.4) is 0 Å². The number of terminal acetylenes is 1. The molecule has 0 spiro atoms. The summed E-state index contributed by atoms with van der Waals surface area (Å²) in [7, 11) is 1.61. The topological polar surface area (TPSA) is 66.0 Å². The predicted molar refractivity (Wildman–Crippen MR) is 116 cm³/mol. The van der Waals surface area contributed by atoms with Crippen molar-refractivity contribution in [1.29, 1.82) is 0 Å². The monoisotopic (exact) mass is 411 g/mol. The summed E-state index contributed by atoms with van der Waals surface area (Å²) >= 11 is 0. The first-order valence-corrected chi connectivity index (χ1v) is 9.69. The summed E-state index contributed by atoms with van der Waals surface area (Å²) in [5, 5.41) is 2.75. The molecule has 0 saturated heterocycles. The molecule has 0 fully saturated rings. The molecule has 0 aliphatic rings. The molecule has 0 heterocycles. The van der Waals surface area contributed by atoms with Gasteiger partial charge in [0.25, 0.3) is 0 Å². The second kappa shape index (κ2) is 11.2. The number of hydrogen-bond donors (Lipinski definition) is 1. The van der Waals surface area contributed by atoms with Gasteiger partial charge in [0, 0.05) is 19.2 Å². The maximum atomic E-state index is 11.8. The zero-order valence-electron chi connectivity index (χ0n) is 18.0. The van der Waals surface area contributed by atoms with Gasteiger partial charge in [-0.2, -0.15) is 0 Å². The quantitative estimate of drug-likeness (QED) is 0.377. The number of hydrogen-bond acceptors (Lipinski definition) is 5. The third kappa shape index (κ3) is 7.43. The number of para-hydroxylation sites is 1. The van der Waals surface area contributed by atoms with Gasteiger partial charge >= 0.3 is 6.09 Å². The normalized spacial score (nSPS) is 10.9. The van der Waals surface area contributed by atoms with Crippen molar-refractivity contribution in [3.63, 3.8) is 0 Å². The van der Waals surface area contributed by atoms with Crippen LogP contribution < -0.4 is 10.1 Å². The highest BCUT2D eigenvalue weighted by Crippen LogP contribution is 2.33. The Bertz CT molecular complexity index is 863. The third-order valence-corrected chi connectivity index (χ3v) is 3.99. The van der Waals surface area contributed by atoms with Gasteiger partial charge in [-0.1, -0.05) is 42.3 Å². The van der Waals surface area contributed by atoms with Gasteiger partial charge < -0.3 is 24.3 Å². The first-order chi connectivity index (χ1) is 14.3. The van der Waals surface area contributed by atoms with Gasteiger partial charge in [0.1, 0.15) is 11.4 Å². The summed E-state index contributed by atoms with van der Waals surface area (Å²) in [5.74, 6) is 3.25. The van der Waals surface area contributed by atoms with Crippen LogP contribution in [-0.2, 0) is 20.8 Å². The zero-order valence-corrected chi connectivity index (χ0v) is 18.0. The van der Waals surface area contributed by atoms with Gasteiger partial charge in [0.15, 0.2) is 6.79 Å². The van der Waals surface area contributed by atoms with Crippen LogP contribution in [0, 0.1) is 12.3 Å². The lowest BCUT2D eigenvalue weighted by molar-refractivity contribution is -0.00833. The molecule has 6 heteroatoms. The molecular weight excluding hydrogens is 382 g/mol. The van der Waals surface area contributed by atoms with E-state index in [2.05, 4.69) is 11.2 Å². The van der Waals surface area contributed by atoms with Gasteiger partial charge in [0.05, 0.1) is 18.8 Å². The Morgan fingerprint density at radius 1 is 1.10 bits per heavy atom. The minimum absolute atomic E-state index is 0.0763. The highest BCUT2D eigenvalue weighted by Gasteiger charge is 2.16. The average molecular weight is 411 g/mol. The Labute approximate surface area is 178 Å². The number of alkyl carbamates (subject to hydrolysis) is 1. The van der Waals surface area contributed by atoms with Gasteiger partial charge in [-0.25, -0.2) is 4.79 Å². The first-order valence-electron chi connectivity index (χ1n) is 9.69. The standard InChI is InChI=1S/C24H29NO5/c1-6-19-8-7-9-21(22(19)29-17-28-15-14-27-5)20-12-10-18(11-13-20)16-25-23(26)30-24(2,3)4/h1,7-13H,14-17H2,2-5H3,(H,25,26). The van der Waals surface area contributed by atoms with E-state index in [1.54, 1.807) is 7.11 Å². The van der Waals surface area contributed by atoms with E-state index in [4.69, 9.17) is 25.4 Å². The van der Waals surface area contributed by atoms with Crippen LogP contribution in [-0.4, -0.2) is 38.8 Å². The molecule has 6 nitrogen and oxygen atoms in total. The molecule has 160 valence electrons. The van der Waals surface area contributed by atoms with Gasteiger partial charge in [-0.3, -0.25) is 0 Å². The fraction of sp³-hybridized carbons (Fsp3) is 0.375. The average Bonchev–Trinajstić information content (AvgIpc) is 2.71. The second-order valence-electron chi connectivity index (χ2n) is 7.54. The molecule has 0 atom stereocenters. The minimum Gasteiger partial charge on any atom is -0.466 e. The van der Waals surface area contributed by atoms with Crippen molar-refractivity contribution in [2.45, 2.75) is 32.9 Å². The third-order valence-electron chi connectivity index (χ3n) is 3.99. The second-order valence-corrected chi connectivity index (χ2v) is 7.54. The fourth-order valence-electron chi connectivity index (χ4n) is 2.63. The summed E-state index contributed by atoms with van der Waals surface area (Å²) in [6, 6.07) is 13.5. The molecule has 0 aliphatic carbocycles. The summed E-state index contributed by atoms with van der Waals surface area (Å²) in [4.78, 5) is 11.8. The molecule has 2 aromatic carbocycles. The van der Waals surface area contributed by atoms with E-state index < -0.39 is 11.7 Å². The molecule has 2 rings (SSSR count). The first kappa shape index (κ1) is 23.3. The predicted octanol–water partition coefficient (Wildman–Crippen LogP) is 4.36. The number of amides is 1. The molecule has 0 bridgehead atoms. The molecule has 2 aromatic rings. The lowest BCUT2D eigenvalue weighted by Crippen LogP contribution is -2.32. The molecule has 1 N–H and O–H groups in total. The Balaban J connectivity index is 2.08. The lowest BCUT2D eigenvalue weighted by Gasteiger charge is -2.19. The van der Waals surface area contributed by atoms with E-state index in [-0.39, 0.29) is 6.79 Å². The highest BCUT2D eigenvalue weighted by atomic mass is 16.7. The Morgan fingerprint density at radius 2 is 1.83 bits per heavy atom. The number of ether oxygens (including phenoxy) is 4. The molecule has 1 amide bonds. The molecule has 0 saturated carbocycles. The largest absolute Gasteiger partial charge is 0.466 e. The SMILES string of the molecule is C#Cc1cccc(-c2ccc(CNC(=O)OC(C)(C)C)cc2)c1OCOCCOC. The van der Waals surface area contributed by atoms with Crippen molar-refractivity contribution in [2.24, 2.45) is 0 Å². The van der Waals surface area contributed by atoms with E-state index in [0.717, 1.165) is 16.7 Å². The van der Waals surface area contributed by atoms with E-state index >= 15 is 0 Å². The molecule has 0 aromatic heterocycles. The highest BCUT2D eigenvalue weighted by molar-refractivity contribution is 5.74. The van der Waals surface area contributed by atoms with Crippen molar-refractivity contribution in [2.75, 3.05) is 27.1 Å². The Hall–Kier alpha value is -3.01. The summed E-state index contributed by atoms with van der Waals surface area (Å²) < 4.78 is 21.4. The molecule has 30 heavy (non-hydrogen) atoms. The number of methoxy groups -OCH3 is 1. The van der Waals surface area contributed by atoms with E-state index in [1.165, 1.54) is 0 Å². The molecule has 0 unspecified atom stereocenters. The fourth-order valence-corrected chi connectivity index (χ4v) is 2.63. The molecule has 0 radical (unpaired) electrons. The van der Waals surface area contributed by atoms with E-state index in [1.807, 2.05) is 63.2 Å². The van der Waals surface area contributed by atoms with Crippen LogP contribution in [0.2, 0.25) is 0 Å². The lowest BCUT2D eigenvalue weighted by atomic mass is 10.0. The molecular formula is C24H29NO5. The van der Waals surface area contributed by atoms with Crippen molar-refractivity contribution in [3.05, 3.63) is 53.6 Å². The van der Waals surface area contributed by atoms with Gasteiger partial charge in [-0.15, -0.1) is 6.42 Å². The number of carbonyl (C=O) groups is 1. The minimum atomic E-state index is -0.528. The zero-order chi connectivity index (χ0) is 22.0. The number of nitrogens with one attached hydrogen (secondary N) is 1. The maximum Gasteiger partial charge on any atom is 0.407 e. The van der Waals surface area contributed by atoms with Crippen LogP contribution >= 0.6 is 0 Å². The summed E-state index contributed by atoms with van der Waals surface area (Å²) in [6.07, 6.45) is 5.20. The Morgan fingerprint density at radius 3 is 2.47 bits per heavy atom. The van der Waals surface area contributed by atoms with Crippen LogP contribution in [0.4, 0.5) is 4.79 Å². The summed E-state index contributed by atoms with van der Waals surface area (Å²) in [5.41, 5.74) is 2.88. The van der Waals surface area contributed by atoms with Crippen molar-refractivity contribution < 1.29 is 23.7 Å². The number of benzene rings is 2. The van der Waals surface area contributed by atoms with Crippen molar-refractivity contribution in [1.82, 2.24) is 5.32 Å². The van der Waals surface area contributed by atoms with Crippen molar-refractivity contribution in [3.8, 4) is 29.2 Å². The van der Waals surface area contributed by atoms with Gasteiger partial charge in [-0.05, 0) is 38.0 Å². The van der Waals surface area contributed by atoms with E-state index in [9.17, 15) is 4.79 Å². The number of rotatable bonds is 9. The van der Waals surface area contributed by atoms with Crippen LogP contribution in [0.15, 0.2) is 42.5 Å². The van der Waals surface area contributed by atoms with E-state index in [0.29, 0.717) is 31.1 Å².